The molecular formula is C20H24N4O2S. The molecule has 1 atom stereocenters. The van der Waals surface area contributed by atoms with E-state index in [9.17, 15) is 4.79 Å². The van der Waals surface area contributed by atoms with Gasteiger partial charge in [0.25, 0.3) is 0 Å². The topological polar surface area (TPSA) is 52.3 Å². The van der Waals surface area contributed by atoms with Gasteiger partial charge in [-0.25, -0.2) is 0 Å². The van der Waals surface area contributed by atoms with E-state index in [1.807, 2.05) is 41.0 Å². The van der Waals surface area contributed by atoms with Gasteiger partial charge in [0.15, 0.2) is 0 Å². The molecule has 6 nitrogen and oxygen atoms in total. The minimum Gasteiger partial charge on any atom is -0.374 e. The van der Waals surface area contributed by atoms with Gasteiger partial charge in [0.05, 0.1) is 18.4 Å². The molecule has 1 aromatic carbocycles. The molecule has 1 fully saturated rings. The first kappa shape index (κ1) is 18.1. The quantitative estimate of drug-likeness (QED) is 0.635. The van der Waals surface area contributed by atoms with Crippen LogP contribution in [0.3, 0.4) is 0 Å². The Kier molecular flexibility index (Phi) is 5.50. The SMILES string of the molecule is Cn1cc(SCC(=O)N2CCCO[C@@H](Cn3cccn3)C2)c2ccccc21. The van der Waals surface area contributed by atoms with Gasteiger partial charge < -0.3 is 14.2 Å². The summed E-state index contributed by atoms with van der Waals surface area (Å²) < 4.78 is 9.89. The Balaban J connectivity index is 1.39. The number of benzene rings is 1. The number of thioether (sulfide) groups is 1. The maximum Gasteiger partial charge on any atom is 0.233 e. The highest BCUT2D eigenvalue weighted by atomic mass is 32.2. The van der Waals surface area contributed by atoms with Crippen LogP contribution in [0, 0.1) is 0 Å². The van der Waals surface area contributed by atoms with Crippen LogP contribution in [-0.4, -0.2) is 56.7 Å². The van der Waals surface area contributed by atoms with Crippen molar-refractivity contribution in [1.29, 1.82) is 0 Å². The fraction of sp³-hybridized carbons (Fsp3) is 0.400. The van der Waals surface area contributed by atoms with Crippen molar-refractivity contribution in [3.63, 3.8) is 0 Å². The Bertz CT molecular complexity index is 906. The molecule has 4 rings (SSSR count). The molecule has 0 bridgehead atoms. The van der Waals surface area contributed by atoms with Crippen molar-refractivity contribution in [3.05, 3.63) is 48.9 Å². The van der Waals surface area contributed by atoms with E-state index < -0.39 is 0 Å². The van der Waals surface area contributed by atoms with Gasteiger partial charge in [-0.15, -0.1) is 11.8 Å². The average Bonchev–Trinajstić information content (AvgIpc) is 3.22. The van der Waals surface area contributed by atoms with Gasteiger partial charge in [0, 0.05) is 61.1 Å². The van der Waals surface area contributed by atoms with Crippen molar-refractivity contribution in [2.24, 2.45) is 7.05 Å². The van der Waals surface area contributed by atoms with Crippen molar-refractivity contribution < 1.29 is 9.53 Å². The van der Waals surface area contributed by atoms with E-state index in [1.54, 1.807) is 18.0 Å². The van der Waals surface area contributed by atoms with Crippen LogP contribution in [0.25, 0.3) is 10.9 Å². The van der Waals surface area contributed by atoms with Crippen molar-refractivity contribution in [3.8, 4) is 0 Å². The number of hydrogen-bond donors (Lipinski definition) is 0. The molecule has 2 aromatic heterocycles. The number of nitrogens with zero attached hydrogens (tertiary/aromatic N) is 4. The van der Waals surface area contributed by atoms with Crippen molar-refractivity contribution >= 4 is 28.6 Å². The molecule has 27 heavy (non-hydrogen) atoms. The molecule has 0 N–H and O–H groups in total. The lowest BCUT2D eigenvalue weighted by Crippen LogP contribution is -2.39. The second kappa shape index (κ2) is 8.19. The zero-order valence-electron chi connectivity index (χ0n) is 15.5. The first-order chi connectivity index (χ1) is 13.2. The first-order valence-electron chi connectivity index (χ1n) is 9.24. The standard InChI is InChI=1S/C20H24N4O2S/c1-22-14-19(17-6-2-3-7-18(17)22)27-15-20(25)23-9-5-11-26-16(12-23)13-24-10-4-8-21-24/h2-4,6-8,10,14,16H,5,9,11-13,15H2,1H3/t16-/m1/s1. The summed E-state index contributed by atoms with van der Waals surface area (Å²) in [6.07, 6.45) is 6.66. The molecule has 3 aromatic rings. The number of carbonyl (C=O) groups excluding carboxylic acids is 1. The number of aryl methyl sites for hydroxylation is 1. The Morgan fingerprint density at radius 2 is 2.22 bits per heavy atom. The first-order valence-corrected chi connectivity index (χ1v) is 10.2. The third-order valence-electron chi connectivity index (χ3n) is 4.86. The molecule has 1 saturated heterocycles. The summed E-state index contributed by atoms with van der Waals surface area (Å²) in [4.78, 5) is 15.9. The molecular weight excluding hydrogens is 360 g/mol. The van der Waals surface area contributed by atoms with E-state index in [4.69, 9.17) is 4.74 Å². The molecule has 0 spiro atoms. The minimum absolute atomic E-state index is 0.0149. The molecule has 0 saturated carbocycles. The molecule has 0 unspecified atom stereocenters. The van der Waals surface area contributed by atoms with Crippen LogP contribution in [0.5, 0.6) is 0 Å². The smallest absolute Gasteiger partial charge is 0.233 e. The predicted molar refractivity (Wildman–Crippen MR) is 107 cm³/mol. The van der Waals surface area contributed by atoms with Crippen LogP contribution in [0.15, 0.2) is 53.8 Å². The van der Waals surface area contributed by atoms with Gasteiger partial charge >= 0.3 is 0 Å². The van der Waals surface area contributed by atoms with Gasteiger partial charge in [0.2, 0.25) is 5.91 Å². The summed E-state index contributed by atoms with van der Waals surface area (Å²) in [5, 5.41) is 5.45. The second-order valence-electron chi connectivity index (χ2n) is 6.82. The minimum atomic E-state index is -0.0149. The number of amides is 1. The number of hydrogen-bond acceptors (Lipinski definition) is 4. The summed E-state index contributed by atoms with van der Waals surface area (Å²) in [7, 11) is 2.04. The van der Waals surface area contributed by atoms with Gasteiger partial charge in [-0.2, -0.15) is 5.10 Å². The highest BCUT2D eigenvalue weighted by Gasteiger charge is 2.23. The Morgan fingerprint density at radius 3 is 3.07 bits per heavy atom. The lowest BCUT2D eigenvalue weighted by atomic mass is 10.2. The molecule has 3 heterocycles. The third-order valence-corrected chi connectivity index (χ3v) is 5.89. The number of carbonyl (C=O) groups is 1. The van der Waals surface area contributed by atoms with Gasteiger partial charge in [0.1, 0.15) is 0 Å². The number of rotatable bonds is 5. The number of aromatic nitrogens is 3. The van der Waals surface area contributed by atoms with E-state index in [-0.39, 0.29) is 12.0 Å². The third kappa shape index (κ3) is 4.20. The van der Waals surface area contributed by atoms with Gasteiger partial charge in [-0.3, -0.25) is 9.48 Å². The molecule has 7 heteroatoms. The lowest BCUT2D eigenvalue weighted by Gasteiger charge is -2.24. The van der Waals surface area contributed by atoms with E-state index in [2.05, 4.69) is 28.0 Å². The molecule has 142 valence electrons. The summed E-state index contributed by atoms with van der Waals surface area (Å²) in [5.41, 5.74) is 1.19. The number of fused-ring (bicyclic) bond motifs is 1. The normalized spacial score (nSPS) is 18.0. The molecule has 1 aliphatic rings. The zero-order valence-corrected chi connectivity index (χ0v) is 16.3. The van der Waals surface area contributed by atoms with Crippen LogP contribution in [-0.2, 0) is 23.1 Å². The number of para-hydroxylation sites is 1. The van der Waals surface area contributed by atoms with E-state index in [0.717, 1.165) is 17.9 Å². The fourth-order valence-corrected chi connectivity index (χ4v) is 4.52. The van der Waals surface area contributed by atoms with Crippen LogP contribution in [0.2, 0.25) is 0 Å². The summed E-state index contributed by atoms with van der Waals surface area (Å²) in [6, 6.07) is 10.2. The Morgan fingerprint density at radius 1 is 1.33 bits per heavy atom. The van der Waals surface area contributed by atoms with E-state index >= 15 is 0 Å². The summed E-state index contributed by atoms with van der Waals surface area (Å²) >= 11 is 1.62. The maximum atomic E-state index is 12.8. The summed E-state index contributed by atoms with van der Waals surface area (Å²) in [6.45, 7) is 2.73. The predicted octanol–water partition coefficient (Wildman–Crippen LogP) is 2.78. The van der Waals surface area contributed by atoms with Gasteiger partial charge in [-0.1, -0.05) is 18.2 Å². The Labute approximate surface area is 163 Å². The monoisotopic (exact) mass is 384 g/mol. The largest absolute Gasteiger partial charge is 0.374 e. The van der Waals surface area contributed by atoms with E-state index in [1.165, 1.54) is 10.9 Å². The fourth-order valence-electron chi connectivity index (χ4n) is 3.50. The zero-order chi connectivity index (χ0) is 18.6. The number of ether oxygens (including phenoxy) is 1. The van der Waals surface area contributed by atoms with Crippen molar-refractivity contribution in [2.45, 2.75) is 24.0 Å². The maximum absolute atomic E-state index is 12.8. The molecule has 0 radical (unpaired) electrons. The van der Waals surface area contributed by atoms with Crippen LogP contribution in [0.1, 0.15) is 6.42 Å². The molecule has 0 aliphatic carbocycles. The van der Waals surface area contributed by atoms with Crippen molar-refractivity contribution in [1.82, 2.24) is 19.2 Å². The second-order valence-corrected chi connectivity index (χ2v) is 7.84. The van der Waals surface area contributed by atoms with E-state index in [0.29, 0.717) is 25.4 Å². The van der Waals surface area contributed by atoms with Crippen molar-refractivity contribution in [2.75, 3.05) is 25.4 Å². The van der Waals surface area contributed by atoms with Gasteiger partial charge in [-0.05, 0) is 18.6 Å². The lowest BCUT2D eigenvalue weighted by molar-refractivity contribution is -0.129. The molecule has 1 amide bonds. The highest BCUT2D eigenvalue weighted by Crippen LogP contribution is 2.29. The van der Waals surface area contributed by atoms with Crippen LogP contribution >= 0.6 is 11.8 Å². The summed E-state index contributed by atoms with van der Waals surface area (Å²) in [5.74, 6) is 0.617. The highest BCUT2D eigenvalue weighted by molar-refractivity contribution is 8.00. The van der Waals surface area contributed by atoms with Crippen LogP contribution < -0.4 is 0 Å². The molecule has 1 aliphatic heterocycles. The Hall–Kier alpha value is -2.25. The average molecular weight is 385 g/mol. The van der Waals surface area contributed by atoms with Crippen LogP contribution in [0.4, 0.5) is 0 Å².